The maximum Gasteiger partial charge on any atom is 0.220 e. The number of hydrogen-bond acceptors (Lipinski definition) is 3. The molecule has 0 radical (unpaired) electrons. The zero-order valence-corrected chi connectivity index (χ0v) is 9.77. The summed E-state index contributed by atoms with van der Waals surface area (Å²) < 4.78 is 0. The van der Waals surface area contributed by atoms with Crippen LogP contribution in [-0.2, 0) is 11.3 Å². The molecule has 0 unspecified atom stereocenters. The zero-order chi connectivity index (χ0) is 10.7. The van der Waals surface area contributed by atoms with E-state index in [2.05, 4.69) is 15.7 Å². The van der Waals surface area contributed by atoms with Gasteiger partial charge >= 0.3 is 0 Å². The van der Waals surface area contributed by atoms with E-state index in [-0.39, 0.29) is 5.91 Å². The second kappa shape index (κ2) is 4.75. The van der Waals surface area contributed by atoms with E-state index in [1.54, 1.807) is 11.3 Å². The molecule has 0 atom stereocenters. The molecule has 15 heavy (non-hydrogen) atoms. The number of aromatic nitrogens is 1. The highest BCUT2D eigenvalue weighted by molar-refractivity contribution is 7.09. The lowest BCUT2D eigenvalue weighted by atomic mass is 10.3. The molecule has 0 spiro atoms. The van der Waals surface area contributed by atoms with Gasteiger partial charge in [0.2, 0.25) is 5.91 Å². The topological polar surface area (TPSA) is 42.0 Å². The lowest BCUT2D eigenvalue weighted by molar-refractivity contribution is -0.121. The smallest absolute Gasteiger partial charge is 0.220 e. The zero-order valence-electron chi connectivity index (χ0n) is 8.95. The summed E-state index contributed by atoms with van der Waals surface area (Å²) in [6, 6.07) is 0. The normalized spacial score (nSPS) is 15.3. The second-order valence-electron chi connectivity index (χ2n) is 3.98. The average molecular weight is 224 g/mol. The lowest BCUT2D eigenvalue weighted by Crippen LogP contribution is -2.22. The van der Waals surface area contributed by atoms with Gasteiger partial charge in [-0.15, -0.1) is 11.3 Å². The molecule has 2 rings (SSSR count). The number of nitrogens with zero attached hydrogens (tertiary/aromatic N) is 1. The van der Waals surface area contributed by atoms with Crippen LogP contribution in [0.3, 0.4) is 0 Å². The standard InChI is InChI=1S/C11H16N2OS/c1-2-3-10(14)12-6-9-7-15-11(13-9)8-4-5-8/h7-8H,2-6H2,1H3,(H,12,14). The fourth-order valence-electron chi connectivity index (χ4n) is 1.43. The number of amides is 1. The molecule has 1 fully saturated rings. The van der Waals surface area contributed by atoms with Crippen molar-refractivity contribution < 1.29 is 4.79 Å². The van der Waals surface area contributed by atoms with Gasteiger partial charge in [-0.3, -0.25) is 4.79 Å². The maximum atomic E-state index is 11.2. The fraction of sp³-hybridized carbons (Fsp3) is 0.636. The van der Waals surface area contributed by atoms with E-state index in [1.165, 1.54) is 17.8 Å². The summed E-state index contributed by atoms with van der Waals surface area (Å²) in [6.45, 7) is 2.59. The number of rotatable bonds is 5. The van der Waals surface area contributed by atoms with Gasteiger partial charge in [0.1, 0.15) is 0 Å². The van der Waals surface area contributed by atoms with Crippen LogP contribution in [-0.4, -0.2) is 10.9 Å². The maximum absolute atomic E-state index is 11.2. The van der Waals surface area contributed by atoms with Crippen molar-refractivity contribution in [3.63, 3.8) is 0 Å². The van der Waals surface area contributed by atoms with E-state index in [9.17, 15) is 4.79 Å². The Morgan fingerprint density at radius 3 is 3.13 bits per heavy atom. The highest BCUT2D eigenvalue weighted by Gasteiger charge is 2.26. The van der Waals surface area contributed by atoms with Crippen LogP contribution in [0.4, 0.5) is 0 Å². The van der Waals surface area contributed by atoms with Gasteiger partial charge in [-0.1, -0.05) is 6.92 Å². The Labute approximate surface area is 93.9 Å². The molecule has 3 nitrogen and oxygen atoms in total. The molecule has 1 aromatic heterocycles. The van der Waals surface area contributed by atoms with Crippen LogP contribution >= 0.6 is 11.3 Å². The van der Waals surface area contributed by atoms with E-state index >= 15 is 0 Å². The highest BCUT2D eigenvalue weighted by atomic mass is 32.1. The monoisotopic (exact) mass is 224 g/mol. The highest BCUT2D eigenvalue weighted by Crippen LogP contribution is 2.41. The quantitative estimate of drug-likeness (QED) is 0.834. The fourth-order valence-corrected chi connectivity index (χ4v) is 2.42. The van der Waals surface area contributed by atoms with E-state index in [0.29, 0.717) is 13.0 Å². The molecule has 1 aromatic rings. The van der Waals surface area contributed by atoms with Gasteiger partial charge in [0.15, 0.2) is 0 Å². The number of carbonyl (C=O) groups is 1. The molecule has 0 saturated heterocycles. The van der Waals surface area contributed by atoms with Gasteiger partial charge in [-0.2, -0.15) is 0 Å². The summed E-state index contributed by atoms with van der Waals surface area (Å²) in [7, 11) is 0. The molecule has 0 bridgehead atoms. The largest absolute Gasteiger partial charge is 0.350 e. The third kappa shape index (κ3) is 3.02. The van der Waals surface area contributed by atoms with Gasteiger partial charge in [0.25, 0.3) is 0 Å². The second-order valence-corrected chi connectivity index (χ2v) is 4.87. The molecular weight excluding hydrogens is 208 g/mol. The van der Waals surface area contributed by atoms with Gasteiger partial charge in [0, 0.05) is 17.7 Å². The third-order valence-electron chi connectivity index (χ3n) is 2.44. The van der Waals surface area contributed by atoms with Crippen LogP contribution in [0, 0.1) is 0 Å². The summed E-state index contributed by atoms with van der Waals surface area (Å²) >= 11 is 1.72. The number of thiazole rings is 1. The molecule has 0 aliphatic heterocycles. The molecule has 1 aliphatic carbocycles. The summed E-state index contributed by atoms with van der Waals surface area (Å²) in [5.41, 5.74) is 1.01. The van der Waals surface area contributed by atoms with E-state index in [1.807, 2.05) is 6.92 Å². The number of carbonyl (C=O) groups excluding carboxylic acids is 1. The van der Waals surface area contributed by atoms with Gasteiger partial charge in [-0.25, -0.2) is 4.98 Å². The van der Waals surface area contributed by atoms with Crippen molar-refractivity contribution in [1.82, 2.24) is 10.3 Å². The molecular formula is C11H16N2OS. The molecule has 1 heterocycles. The first-order chi connectivity index (χ1) is 7.29. The number of hydrogen-bond donors (Lipinski definition) is 1. The molecule has 0 aromatic carbocycles. The van der Waals surface area contributed by atoms with E-state index < -0.39 is 0 Å². The van der Waals surface area contributed by atoms with E-state index in [0.717, 1.165) is 18.0 Å². The Kier molecular flexibility index (Phi) is 3.36. The van der Waals surface area contributed by atoms with Crippen LogP contribution in [0.25, 0.3) is 0 Å². The van der Waals surface area contributed by atoms with Crippen molar-refractivity contribution in [2.24, 2.45) is 0 Å². The molecule has 1 saturated carbocycles. The summed E-state index contributed by atoms with van der Waals surface area (Å²) in [5.74, 6) is 0.841. The summed E-state index contributed by atoms with van der Waals surface area (Å²) in [6.07, 6.45) is 4.08. The van der Waals surface area contributed by atoms with Crippen molar-refractivity contribution in [2.75, 3.05) is 0 Å². The first-order valence-electron chi connectivity index (χ1n) is 5.50. The first kappa shape index (κ1) is 10.6. The van der Waals surface area contributed by atoms with Crippen molar-refractivity contribution in [3.05, 3.63) is 16.1 Å². The van der Waals surface area contributed by atoms with Crippen LogP contribution in [0.5, 0.6) is 0 Å². The van der Waals surface area contributed by atoms with Crippen molar-refractivity contribution >= 4 is 17.2 Å². The minimum atomic E-state index is 0.124. The molecule has 1 aliphatic rings. The lowest BCUT2D eigenvalue weighted by Gasteiger charge is -2.00. The Morgan fingerprint density at radius 2 is 2.47 bits per heavy atom. The Morgan fingerprint density at radius 1 is 1.67 bits per heavy atom. The Balaban J connectivity index is 1.80. The minimum Gasteiger partial charge on any atom is -0.350 e. The minimum absolute atomic E-state index is 0.124. The first-order valence-corrected chi connectivity index (χ1v) is 6.38. The molecule has 4 heteroatoms. The van der Waals surface area contributed by atoms with Crippen molar-refractivity contribution in [1.29, 1.82) is 0 Å². The molecule has 1 N–H and O–H groups in total. The van der Waals surface area contributed by atoms with Crippen LogP contribution < -0.4 is 5.32 Å². The van der Waals surface area contributed by atoms with Crippen LogP contribution in [0.15, 0.2) is 5.38 Å². The van der Waals surface area contributed by atoms with Gasteiger partial charge in [0.05, 0.1) is 17.2 Å². The predicted octanol–water partition coefficient (Wildman–Crippen LogP) is 2.44. The Hall–Kier alpha value is -0.900. The average Bonchev–Trinajstić information content (AvgIpc) is 2.96. The van der Waals surface area contributed by atoms with Gasteiger partial charge in [-0.05, 0) is 19.3 Å². The van der Waals surface area contributed by atoms with Crippen molar-refractivity contribution in [2.45, 2.75) is 45.1 Å². The summed E-state index contributed by atoms with van der Waals surface area (Å²) in [5, 5.41) is 6.18. The van der Waals surface area contributed by atoms with Crippen molar-refractivity contribution in [3.8, 4) is 0 Å². The summed E-state index contributed by atoms with van der Waals surface area (Å²) in [4.78, 5) is 15.7. The Bertz CT molecular complexity index is 344. The molecule has 82 valence electrons. The number of nitrogens with one attached hydrogen (secondary N) is 1. The van der Waals surface area contributed by atoms with Crippen LogP contribution in [0.1, 0.15) is 49.2 Å². The van der Waals surface area contributed by atoms with Crippen LogP contribution in [0.2, 0.25) is 0 Å². The molecule has 1 amide bonds. The van der Waals surface area contributed by atoms with E-state index in [4.69, 9.17) is 0 Å². The SMILES string of the molecule is CCCC(=O)NCc1csc(C2CC2)n1. The van der Waals surface area contributed by atoms with Gasteiger partial charge < -0.3 is 5.32 Å². The predicted molar refractivity (Wildman–Crippen MR) is 60.8 cm³/mol. The third-order valence-corrected chi connectivity index (χ3v) is 3.50.